The lowest BCUT2D eigenvalue weighted by molar-refractivity contribution is 0.0746. The van der Waals surface area contributed by atoms with Crippen LogP contribution in [0.25, 0.3) is 11.0 Å². The Hall–Kier alpha value is -3.28. The van der Waals surface area contributed by atoms with E-state index in [0.717, 1.165) is 41.2 Å². The van der Waals surface area contributed by atoms with Crippen LogP contribution < -0.4 is 16.0 Å². The highest BCUT2D eigenvalue weighted by molar-refractivity contribution is 6.00. The van der Waals surface area contributed by atoms with E-state index in [1.54, 1.807) is 0 Å². The fourth-order valence-corrected chi connectivity index (χ4v) is 5.67. The molecule has 0 atom stereocenters. The molecule has 0 aliphatic heterocycles. The number of aromatic nitrogens is 2. The Morgan fingerprint density at radius 2 is 1.62 bits per heavy atom. The number of hydrogen-bond acceptors (Lipinski definition) is 3. The molecule has 1 aliphatic carbocycles. The van der Waals surface area contributed by atoms with Gasteiger partial charge in [0, 0.05) is 23.1 Å². The fraction of sp³-hybridized carbons (Fsp3) is 0.429. The summed E-state index contributed by atoms with van der Waals surface area (Å²) in [6.45, 7) is 13.6. The number of benzene rings is 2. The van der Waals surface area contributed by atoms with Crippen molar-refractivity contribution in [3.8, 4) is 0 Å². The largest absolute Gasteiger partial charge is 0.330 e. The van der Waals surface area contributed by atoms with Gasteiger partial charge >= 0.3 is 6.03 Å². The maximum absolute atomic E-state index is 12.5. The van der Waals surface area contributed by atoms with E-state index < -0.39 is 0 Å². The lowest BCUT2D eigenvalue weighted by atomic mass is 9.63. The van der Waals surface area contributed by atoms with Gasteiger partial charge in [0.05, 0.1) is 11.0 Å². The molecule has 1 fully saturated rings. The zero-order valence-corrected chi connectivity index (χ0v) is 21.2. The highest BCUT2D eigenvalue weighted by Crippen LogP contribution is 2.51. The Balaban J connectivity index is 1.67. The Labute approximate surface area is 202 Å². The van der Waals surface area contributed by atoms with Gasteiger partial charge in [-0.1, -0.05) is 52.0 Å². The van der Waals surface area contributed by atoms with Crippen LogP contribution in [0.5, 0.6) is 0 Å². The van der Waals surface area contributed by atoms with Crippen molar-refractivity contribution in [2.75, 3.05) is 16.0 Å². The third-order valence-corrected chi connectivity index (χ3v) is 6.62. The number of urea groups is 1. The van der Waals surface area contributed by atoms with Crippen LogP contribution in [0.15, 0.2) is 60.3 Å². The molecule has 1 aliphatic rings. The predicted molar refractivity (Wildman–Crippen MR) is 142 cm³/mol. The first-order chi connectivity index (χ1) is 16.0. The minimum Gasteiger partial charge on any atom is -0.330 e. The molecule has 1 heterocycles. The van der Waals surface area contributed by atoms with Crippen LogP contribution in [0.3, 0.4) is 0 Å². The topological polar surface area (TPSA) is 71.0 Å². The number of rotatable bonds is 5. The van der Waals surface area contributed by atoms with Crippen molar-refractivity contribution in [1.82, 2.24) is 9.55 Å². The number of nitrogens with zero attached hydrogens (tertiary/aromatic N) is 2. The number of imidazole rings is 1. The quantitative estimate of drug-likeness (QED) is 0.364. The molecule has 6 heteroatoms. The molecule has 1 aromatic heterocycles. The number of allylic oxidation sites excluding steroid dienone is 2. The fourth-order valence-electron chi connectivity index (χ4n) is 5.67. The molecular weight excluding hydrogens is 422 g/mol. The van der Waals surface area contributed by atoms with Crippen LogP contribution in [0, 0.1) is 10.8 Å². The first-order valence-electron chi connectivity index (χ1n) is 12.1. The second kappa shape index (κ2) is 9.16. The van der Waals surface area contributed by atoms with E-state index >= 15 is 0 Å². The summed E-state index contributed by atoms with van der Waals surface area (Å²) in [7, 11) is 0. The molecular formula is C28H37N5O. The maximum Gasteiger partial charge on any atom is 0.323 e. The molecule has 2 aromatic carbocycles. The Bertz CT molecular complexity index is 1190. The number of carbonyl (C=O) groups excluding carboxylic acids is 1. The van der Waals surface area contributed by atoms with Crippen molar-refractivity contribution in [2.45, 2.75) is 66.8 Å². The molecule has 2 amide bonds. The summed E-state index contributed by atoms with van der Waals surface area (Å²) in [5.41, 5.74) is 4.99. The number of anilines is 3. The van der Waals surface area contributed by atoms with Gasteiger partial charge in [-0.25, -0.2) is 9.78 Å². The van der Waals surface area contributed by atoms with E-state index in [-0.39, 0.29) is 16.9 Å². The van der Waals surface area contributed by atoms with E-state index in [1.807, 2.05) is 49.4 Å². The Kier molecular flexibility index (Phi) is 6.43. The highest BCUT2D eigenvalue weighted by atomic mass is 16.2. The van der Waals surface area contributed by atoms with Crippen molar-refractivity contribution in [3.63, 3.8) is 0 Å². The smallest absolute Gasteiger partial charge is 0.323 e. The summed E-state index contributed by atoms with van der Waals surface area (Å²) < 4.78 is 2.37. The second-order valence-electron chi connectivity index (χ2n) is 11.1. The van der Waals surface area contributed by atoms with E-state index in [9.17, 15) is 4.79 Å². The number of carbonyl (C=O) groups is 1. The van der Waals surface area contributed by atoms with E-state index in [4.69, 9.17) is 4.98 Å². The monoisotopic (exact) mass is 459 g/mol. The highest BCUT2D eigenvalue weighted by Gasteiger charge is 2.40. The summed E-state index contributed by atoms with van der Waals surface area (Å²) in [5, 5.41) is 9.31. The van der Waals surface area contributed by atoms with Crippen molar-refractivity contribution >= 4 is 34.4 Å². The van der Waals surface area contributed by atoms with Gasteiger partial charge in [-0.15, -0.1) is 0 Å². The molecule has 34 heavy (non-hydrogen) atoms. The number of fused-ring (bicyclic) bond motifs is 1. The van der Waals surface area contributed by atoms with E-state index in [0.29, 0.717) is 11.7 Å². The van der Waals surface area contributed by atoms with Crippen molar-refractivity contribution < 1.29 is 4.79 Å². The molecule has 3 N–H and O–H groups in total. The molecule has 180 valence electrons. The number of amides is 2. The summed E-state index contributed by atoms with van der Waals surface area (Å²) in [6.07, 6.45) is 5.47. The van der Waals surface area contributed by atoms with Gasteiger partial charge in [-0.05, 0) is 74.3 Å². The van der Waals surface area contributed by atoms with Crippen LogP contribution in [0.4, 0.5) is 22.1 Å². The van der Waals surface area contributed by atoms with Crippen molar-refractivity contribution in [3.05, 3.63) is 60.3 Å². The van der Waals surface area contributed by atoms with Crippen LogP contribution in [0.2, 0.25) is 0 Å². The molecule has 1 saturated carbocycles. The zero-order valence-electron chi connectivity index (χ0n) is 21.2. The molecule has 4 rings (SSSR count). The van der Waals surface area contributed by atoms with Crippen LogP contribution >= 0.6 is 0 Å². The first kappa shape index (κ1) is 23.9. The SMILES string of the molecule is C/C=C(\C)Nc1nc2cc(NC(=O)Nc3ccccc3)ccc2n1C1CC(C)(C)CC(C)(C)C1. The van der Waals surface area contributed by atoms with Crippen LogP contribution in [-0.2, 0) is 0 Å². The minimum absolute atomic E-state index is 0.257. The van der Waals surface area contributed by atoms with Crippen LogP contribution in [0.1, 0.15) is 66.8 Å². The second-order valence-corrected chi connectivity index (χ2v) is 11.1. The third-order valence-electron chi connectivity index (χ3n) is 6.62. The van der Waals surface area contributed by atoms with Gasteiger partial charge in [0.25, 0.3) is 0 Å². The van der Waals surface area contributed by atoms with Gasteiger partial charge in [-0.3, -0.25) is 0 Å². The van der Waals surface area contributed by atoms with E-state index in [2.05, 4.69) is 67.3 Å². The molecule has 0 unspecified atom stereocenters. The molecule has 0 spiro atoms. The van der Waals surface area contributed by atoms with Gasteiger partial charge in [0.15, 0.2) is 0 Å². The molecule has 3 aromatic rings. The van der Waals surface area contributed by atoms with Gasteiger partial charge in [0.2, 0.25) is 5.95 Å². The Morgan fingerprint density at radius 1 is 0.971 bits per heavy atom. The maximum atomic E-state index is 12.5. The zero-order chi connectivity index (χ0) is 24.5. The summed E-state index contributed by atoms with van der Waals surface area (Å²) >= 11 is 0. The summed E-state index contributed by atoms with van der Waals surface area (Å²) in [6, 6.07) is 15.5. The normalized spacial score (nSPS) is 18.0. The standard InChI is InChI=1S/C28H37N5O/c1-7-19(2)29-25-32-23-15-21(31-26(34)30-20-11-9-8-10-12-20)13-14-24(23)33(25)22-16-27(3,4)18-28(5,6)17-22/h7-15,22H,16-18H2,1-6H3,(H,29,32)(H2,30,31,34)/b19-7+. The molecule has 0 saturated heterocycles. The van der Waals surface area contributed by atoms with Gasteiger partial charge in [-0.2, -0.15) is 0 Å². The predicted octanol–water partition coefficient (Wildman–Crippen LogP) is 7.79. The van der Waals surface area contributed by atoms with Gasteiger partial charge in [0.1, 0.15) is 0 Å². The van der Waals surface area contributed by atoms with Crippen molar-refractivity contribution in [1.29, 1.82) is 0 Å². The average Bonchev–Trinajstić information content (AvgIpc) is 3.09. The Morgan fingerprint density at radius 3 is 2.26 bits per heavy atom. The van der Waals surface area contributed by atoms with Crippen molar-refractivity contribution in [2.24, 2.45) is 10.8 Å². The average molecular weight is 460 g/mol. The third kappa shape index (κ3) is 5.44. The van der Waals surface area contributed by atoms with E-state index in [1.165, 1.54) is 6.42 Å². The molecule has 6 nitrogen and oxygen atoms in total. The first-order valence-corrected chi connectivity index (χ1v) is 12.1. The lowest BCUT2D eigenvalue weighted by Gasteiger charge is -2.45. The number of hydrogen-bond donors (Lipinski definition) is 3. The summed E-state index contributed by atoms with van der Waals surface area (Å²) in [4.78, 5) is 17.5. The summed E-state index contributed by atoms with van der Waals surface area (Å²) in [5.74, 6) is 0.856. The minimum atomic E-state index is -0.274. The van der Waals surface area contributed by atoms with Gasteiger partial charge < -0.3 is 20.5 Å². The molecule has 0 bridgehead atoms. The van der Waals surface area contributed by atoms with Crippen LogP contribution in [-0.4, -0.2) is 15.6 Å². The lowest BCUT2D eigenvalue weighted by Crippen LogP contribution is -2.35. The molecule has 0 radical (unpaired) electrons. The number of para-hydroxylation sites is 1. The number of nitrogens with one attached hydrogen (secondary N) is 3.